The van der Waals surface area contributed by atoms with Crippen LogP contribution in [-0.2, 0) is 9.59 Å². The zero-order valence-corrected chi connectivity index (χ0v) is 8.54. The molecule has 1 atom stereocenters. The van der Waals surface area contributed by atoms with Crippen molar-refractivity contribution in [1.29, 1.82) is 0 Å². The molecule has 13 heavy (non-hydrogen) atoms. The Bertz CT molecular complexity index is 223. The molecule has 1 rings (SSSR count). The zero-order chi connectivity index (χ0) is 10.0. The maximum Gasteiger partial charge on any atom is 0.290 e. The van der Waals surface area contributed by atoms with Crippen molar-refractivity contribution in [2.45, 2.75) is 27.2 Å². The van der Waals surface area contributed by atoms with Gasteiger partial charge in [0.25, 0.3) is 5.91 Å². The topological polar surface area (TPSA) is 37.4 Å². The van der Waals surface area contributed by atoms with Gasteiger partial charge in [0.05, 0.1) is 0 Å². The highest BCUT2D eigenvalue weighted by Crippen LogP contribution is 2.15. The Morgan fingerprint density at radius 2 is 2.00 bits per heavy atom. The lowest BCUT2D eigenvalue weighted by Crippen LogP contribution is -2.36. The molecule has 1 aliphatic heterocycles. The highest BCUT2D eigenvalue weighted by Gasteiger charge is 2.28. The predicted octanol–water partition coefficient (Wildman–Crippen LogP) is 1.08. The standard InChI is InChI=1S/C10H17NO2/c1-7(2)9(12)10(13)11-5-4-8(3)6-11/h7-8H,4-6H2,1-3H3. The minimum absolute atomic E-state index is 0.177. The Hall–Kier alpha value is -0.860. The summed E-state index contributed by atoms with van der Waals surface area (Å²) >= 11 is 0. The van der Waals surface area contributed by atoms with Gasteiger partial charge in [0, 0.05) is 19.0 Å². The van der Waals surface area contributed by atoms with Crippen LogP contribution in [0.5, 0.6) is 0 Å². The van der Waals surface area contributed by atoms with Crippen LogP contribution in [0.2, 0.25) is 0 Å². The van der Waals surface area contributed by atoms with Gasteiger partial charge in [-0.25, -0.2) is 0 Å². The fourth-order valence-electron chi connectivity index (χ4n) is 1.52. The Kier molecular flexibility index (Phi) is 3.07. The molecular formula is C10H17NO2. The normalized spacial score (nSPS) is 22.5. The summed E-state index contributed by atoms with van der Waals surface area (Å²) in [6.07, 6.45) is 1.02. The highest BCUT2D eigenvalue weighted by molar-refractivity contribution is 6.36. The van der Waals surface area contributed by atoms with E-state index in [1.54, 1.807) is 18.7 Å². The molecule has 0 bridgehead atoms. The number of hydrogen-bond donors (Lipinski definition) is 0. The molecule has 0 N–H and O–H groups in total. The minimum Gasteiger partial charge on any atom is -0.336 e. The van der Waals surface area contributed by atoms with Crippen molar-refractivity contribution < 1.29 is 9.59 Å². The molecule has 1 saturated heterocycles. The minimum atomic E-state index is -0.292. The van der Waals surface area contributed by atoms with Gasteiger partial charge in [0.15, 0.2) is 0 Å². The number of likely N-dealkylation sites (tertiary alicyclic amines) is 1. The van der Waals surface area contributed by atoms with Crippen LogP contribution < -0.4 is 0 Å². The van der Waals surface area contributed by atoms with Gasteiger partial charge in [-0.1, -0.05) is 20.8 Å². The van der Waals surface area contributed by atoms with Crippen molar-refractivity contribution in [3.05, 3.63) is 0 Å². The highest BCUT2D eigenvalue weighted by atomic mass is 16.2. The molecule has 1 aliphatic rings. The molecule has 1 amide bonds. The predicted molar refractivity (Wildman–Crippen MR) is 50.2 cm³/mol. The van der Waals surface area contributed by atoms with Gasteiger partial charge in [-0.05, 0) is 12.3 Å². The van der Waals surface area contributed by atoms with Gasteiger partial charge in [-0.15, -0.1) is 0 Å². The van der Waals surface area contributed by atoms with Crippen molar-refractivity contribution in [3.63, 3.8) is 0 Å². The van der Waals surface area contributed by atoms with E-state index in [0.717, 1.165) is 19.5 Å². The van der Waals surface area contributed by atoms with Crippen LogP contribution in [0.1, 0.15) is 27.2 Å². The van der Waals surface area contributed by atoms with Crippen LogP contribution in [-0.4, -0.2) is 29.7 Å². The molecule has 0 aromatic carbocycles. The van der Waals surface area contributed by atoms with E-state index < -0.39 is 0 Å². The average Bonchev–Trinajstić information content (AvgIpc) is 2.49. The number of nitrogens with zero attached hydrogens (tertiary/aromatic N) is 1. The maximum absolute atomic E-state index is 11.5. The second-order valence-electron chi connectivity index (χ2n) is 4.16. The van der Waals surface area contributed by atoms with Crippen LogP contribution in [0.3, 0.4) is 0 Å². The lowest BCUT2D eigenvalue weighted by Gasteiger charge is -2.15. The van der Waals surface area contributed by atoms with Gasteiger partial charge in [0.2, 0.25) is 5.78 Å². The number of carbonyl (C=O) groups excluding carboxylic acids is 2. The molecule has 0 aromatic rings. The number of carbonyl (C=O) groups is 2. The molecule has 1 fully saturated rings. The molecule has 0 saturated carbocycles. The van der Waals surface area contributed by atoms with Crippen molar-refractivity contribution >= 4 is 11.7 Å². The Morgan fingerprint density at radius 3 is 2.38 bits per heavy atom. The van der Waals surface area contributed by atoms with Crippen molar-refractivity contribution in [1.82, 2.24) is 4.90 Å². The smallest absolute Gasteiger partial charge is 0.290 e. The summed E-state index contributed by atoms with van der Waals surface area (Å²) in [5.41, 5.74) is 0. The van der Waals surface area contributed by atoms with Gasteiger partial charge in [0.1, 0.15) is 0 Å². The van der Waals surface area contributed by atoms with Gasteiger partial charge in [-0.3, -0.25) is 9.59 Å². The third kappa shape index (κ3) is 2.29. The van der Waals surface area contributed by atoms with E-state index in [4.69, 9.17) is 0 Å². The summed E-state index contributed by atoms with van der Waals surface area (Å²) in [7, 11) is 0. The first-order chi connectivity index (χ1) is 6.02. The van der Waals surface area contributed by atoms with Gasteiger partial charge >= 0.3 is 0 Å². The fraction of sp³-hybridized carbons (Fsp3) is 0.800. The third-order valence-corrected chi connectivity index (χ3v) is 2.45. The number of rotatable bonds is 2. The molecular weight excluding hydrogens is 166 g/mol. The van der Waals surface area contributed by atoms with Gasteiger partial charge in [-0.2, -0.15) is 0 Å². The SMILES string of the molecule is CC1CCN(C(=O)C(=O)C(C)C)C1. The lowest BCUT2D eigenvalue weighted by atomic mass is 10.1. The fourth-order valence-corrected chi connectivity index (χ4v) is 1.52. The van der Waals surface area contributed by atoms with Crippen molar-refractivity contribution in [2.75, 3.05) is 13.1 Å². The monoisotopic (exact) mass is 183 g/mol. The molecule has 74 valence electrons. The average molecular weight is 183 g/mol. The largest absolute Gasteiger partial charge is 0.336 e. The molecule has 1 heterocycles. The van der Waals surface area contributed by atoms with Crippen molar-refractivity contribution in [2.24, 2.45) is 11.8 Å². The second-order valence-corrected chi connectivity index (χ2v) is 4.16. The first kappa shape index (κ1) is 10.2. The van der Waals surface area contributed by atoms with Crippen LogP contribution in [0, 0.1) is 11.8 Å². The molecule has 0 radical (unpaired) electrons. The summed E-state index contributed by atoms with van der Waals surface area (Å²) in [5.74, 6) is -0.180. The van der Waals surface area contributed by atoms with Crippen molar-refractivity contribution in [3.8, 4) is 0 Å². The molecule has 3 nitrogen and oxygen atoms in total. The van der Waals surface area contributed by atoms with E-state index in [1.165, 1.54) is 0 Å². The van der Waals surface area contributed by atoms with E-state index in [1.807, 2.05) is 0 Å². The molecule has 0 spiro atoms. The molecule has 0 aromatic heterocycles. The maximum atomic E-state index is 11.5. The van der Waals surface area contributed by atoms with Crippen LogP contribution in [0.25, 0.3) is 0 Å². The number of ketones is 1. The Labute approximate surface area is 79.1 Å². The number of hydrogen-bond acceptors (Lipinski definition) is 2. The third-order valence-electron chi connectivity index (χ3n) is 2.45. The summed E-state index contributed by atoms with van der Waals surface area (Å²) in [4.78, 5) is 24.5. The summed E-state index contributed by atoms with van der Waals surface area (Å²) in [6, 6.07) is 0. The van der Waals surface area contributed by atoms with Crippen LogP contribution >= 0.6 is 0 Å². The summed E-state index contributed by atoms with van der Waals surface area (Å²) < 4.78 is 0. The van der Waals surface area contributed by atoms with E-state index in [9.17, 15) is 9.59 Å². The first-order valence-electron chi connectivity index (χ1n) is 4.85. The summed E-state index contributed by atoms with van der Waals surface area (Å²) in [5, 5.41) is 0. The van der Waals surface area contributed by atoms with E-state index in [2.05, 4.69) is 6.92 Å². The Morgan fingerprint density at radius 1 is 1.38 bits per heavy atom. The molecule has 1 unspecified atom stereocenters. The van der Waals surface area contributed by atoms with E-state index in [-0.39, 0.29) is 17.6 Å². The first-order valence-corrected chi connectivity index (χ1v) is 4.85. The van der Waals surface area contributed by atoms with Crippen LogP contribution in [0.15, 0.2) is 0 Å². The zero-order valence-electron chi connectivity index (χ0n) is 8.54. The number of amides is 1. The summed E-state index contributed by atoms with van der Waals surface area (Å²) in [6.45, 7) is 7.13. The van der Waals surface area contributed by atoms with E-state index in [0.29, 0.717) is 5.92 Å². The molecule has 3 heteroatoms. The lowest BCUT2D eigenvalue weighted by molar-refractivity contribution is -0.145. The Balaban J connectivity index is 2.53. The van der Waals surface area contributed by atoms with E-state index >= 15 is 0 Å². The quantitative estimate of drug-likeness (QED) is 0.601. The van der Waals surface area contributed by atoms with Gasteiger partial charge < -0.3 is 4.90 Å². The molecule has 0 aliphatic carbocycles. The number of Topliss-reactive ketones (excluding diaryl/α,β-unsaturated/α-hetero) is 1. The van der Waals surface area contributed by atoms with Crippen LogP contribution in [0.4, 0.5) is 0 Å². The second kappa shape index (κ2) is 3.90.